The summed E-state index contributed by atoms with van der Waals surface area (Å²) >= 11 is 3.78. The molecule has 0 amide bonds. The highest BCUT2D eigenvalue weighted by Gasteiger charge is 2.15. The molecular weight excluding hydrogens is 311 g/mol. The van der Waals surface area contributed by atoms with Crippen molar-refractivity contribution in [3.05, 3.63) is 26.4 Å². The number of nitrogens with zero attached hydrogens (tertiary/aromatic N) is 3. The van der Waals surface area contributed by atoms with Crippen molar-refractivity contribution in [2.45, 2.75) is 13.0 Å². The van der Waals surface area contributed by atoms with E-state index in [2.05, 4.69) is 32.7 Å². The fraction of sp³-hybridized carbons (Fsp3) is 0.250. The molecule has 0 aliphatic heterocycles. The van der Waals surface area contributed by atoms with Crippen LogP contribution in [0.2, 0.25) is 0 Å². The molecule has 4 nitrogen and oxygen atoms in total. The summed E-state index contributed by atoms with van der Waals surface area (Å²) in [5.41, 5.74) is 5.88. The SMILES string of the molecule is CC(c1nccs1)n1ncc(I)c1N. The highest BCUT2D eigenvalue weighted by Crippen LogP contribution is 2.24. The van der Waals surface area contributed by atoms with Crippen molar-refractivity contribution in [3.8, 4) is 0 Å². The number of thiazole rings is 1. The molecule has 1 atom stereocenters. The van der Waals surface area contributed by atoms with Crippen LogP contribution in [0, 0.1) is 3.57 Å². The summed E-state index contributed by atoms with van der Waals surface area (Å²) in [5, 5.41) is 7.20. The monoisotopic (exact) mass is 320 g/mol. The predicted molar refractivity (Wildman–Crippen MR) is 65.3 cm³/mol. The van der Waals surface area contributed by atoms with E-state index in [9.17, 15) is 0 Å². The molecule has 74 valence electrons. The average molecular weight is 320 g/mol. The second kappa shape index (κ2) is 3.85. The number of rotatable bonds is 2. The Hall–Kier alpha value is -0.630. The van der Waals surface area contributed by atoms with Crippen molar-refractivity contribution >= 4 is 39.7 Å². The smallest absolute Gasteiger partial charge is 0.136 e. The molecule has 0 fully saturated rings. The minimum Gasteiger partial charge on any atom is -0.383 e. The number of nitrogen functional groups attached to an aromatic ring is 1. The molecule has 0 aliphatic carbocycles. The van der Waals surface area contributed by atoms with Crippen molar-refractivity contribution < 1.29 is 0 Å². The van der Waals surface area contributed by atoms with Gasteiger partial charge in [-0.3, -0.25) is 0 Å². The number of hydrogen-bond donors (Lipinski definition) is 1. The number of aromatic nitrogens is 3. The van der Waals surface area contributed by atoms with Crippen LogP contribution < -0.4 is 5.73 Å². The fourth-order valence-corrected chi connectivity index (χ4v) is 2.26. The molecule has 2 aromatic heterocycles. The molecule has 0 aromatic carbocycles. The Morgan fingerprint density at radius 1 is 1.64 bits per heavy atom. The topological polar surface area (TPSA) is 56.7 Å². The van der Waals surface area contributed by atoms with Crippen molar-refractivity contribution in [1.82, 2.24) is 14.8 Å². The van der Waals surface area contributed by atoms with Gasteiger partial charge in [0.25, 0.3) is 0 Å². The molecular formula is C8H9IN4S. The highest BCUT2D eigenvalue weighted by molar-refractivity contribution is 14.1. The number of halogens is 1. The standard InChI is InChI=1S/C8H9IN4S/c1-5(8-11-2-3-14-8)13-7(10)6(9)4-12-13/h2-5H,10H2,1H3. The van der Waals surface area contributed by atoms with Crippen molar-refractivity contribution in [1.29, 1.82) is 0 Å². The lowest BCUT2D eigenvalue weighted by molar-refractivity contribution is 0.570. The Morgan fingerprint density at radius 3 is 2.93 bits per heavy atom. The Morgan fingerprint density at radius 2 is 2.43 bits per heavy atom. The molecule has 0 spiro atoms. The second-order valence-electron chi connectivity index (χ2n) is 2.87. The minimum atomic E-state index is 0.110. The zero-order chi connectivity index (χ0) is 10.1. The van der Waals surface area contributed by atoms with Gasteiger partial charge in [-0.15, -0.1) is 11.3 Å². The van der Waals surface area contributed by atoms with E-state index < -0.39 is 0 Å². The van der Waals surface area contributed by atoms with Crippen LogP contribution >= 0.6 is 33.9 Å². The molecule has 0 saturated carbocycles. The van der Waals surface area contributed by atoms with Gasteiger partial charge in [0.15, 0.2) is 0 Å². The maximum atomic E-state index is 5.88. The van der Waals surface area contributed by atoms with Crippen molar-refractivity contribution in [2.75, 3.05) is 5.73 Å². The van der Waals surface area contributed by atoms with Crippen molar-refractivity contribution in [3.63, 3.8) is 0 Å². The van der Waals surface area contributed by atoms with E-state index in [0.29, 0.717) is 5.82 Å². The fourth-order valence-electron chi connectivity index (χ4n) is 1.20. The van der Waals surface area contributed by atoms with Crippen LogP contribution in [0.15, 0.2) is 17.8 Å². The Labute approximate surface area is 99.3 Å². The molecule has 2 rings (SSSR count). The van der Waals surface area contributed by atoms with E-state index in [1.54, 1.807) is 28.4 Å². The van der Waals surface area contributed by atoms with E-state index in [1.165, 1.54) is 0 Å². The van der Waals surface area contributed by atoms with Crippen LogP contribution in [-0.2, 0) is 0 Å². The maximum Gasteiger partial charge on any atom is 0.136 e. The molecule has 0 bridgehead atoms. The van der Waals surface area contributed by atoms with Gasteiger partial charge in [0.1, 0.15) is 16.9 Å². The summed E-state index contributed by atoms with van der Waals surface area (Å²) in [6.07, 6.45) is 3.56. The second-order valence-corrected chi connectivity index (χ2v) is 4.96. The summed E-state index contributed by atoms with van der Waals surface area (Å²) in [6, 6.07) is 0.110. The minimum absolute atomic E-state index is 0.110. The Bertz CT molecular complexity index is 422. The van der Waals surface area contributed by atoms with Crippen molar-refractivity contribution in [2.24, 2.45) is 0 Å². The lowest BCUT2D eigenvalue weighted by atomic mass is 10.3. The van der Waals surface area contributed by atoms with E-state index in [0.717, 1.165) is 8.58 Å². The first-order chi connectivity index (χ1) is 6.70. The normalized spacial score (nSPS) is 13.0. The average Bonchev–Trinajstić information content (AvgIpc) is 2.77. The van der Waals surface area contributed by atoms with Gasteiger partial charge in [0, 0.05) is 11.6 Å². The molecule has 0 radical (unpaired) electrons. The summed E-state index contributed by atoms with van der Waals surface area (Å²) in [4.78, 5) is 4.24. The van der Waals surface area contributed by atoms with E-state index in [4.69, 9.17) is 5.73 Å². The summed E-state index contributed by atoms with van der Waals surface area (Å²) in [7, 11) is 0. The van der Waals surface area contributed by atoms with Crippen LogP contribution in [0.1, 0.15) is 18.0 Å². The number of anilines is 1. The lowest BCUT2D eigenvalue weighted by Gasteiger charge is -2.10. The first kappa shape index (κ1) is 9.91. The van der Waals surface area contributed by atoms with Crippen LogP contribution in [0.5, 0.6) is 0 Å². The van der Waals surface area contributed by atoms with Gasteiger partial charge in [-0.25, -0.2) is 9.67 Å². The number of hydrogen-bond acceptors (Lipinski definition) is 4. The molecule has 2 heterocycles. The summed E-state index contributed by atoms with van der Waals surface area (Å²) < 4.78 is 2.77. The van der Waals surface area contributed by atoms with Gasteiger partial charge in [0.2, 0.25) is 0 Å². The van der Waals surface area contributed by atoms with Crippen LogP contribution in [0.25, 0.3) is 0 Å². The lowest BCUT2D eigenvalue weighted by Crippen LogP contribution is -2.11. The van der Waals surface area contributed by atoms with Crippen LogP contribution in [0.4, 0.5) is 5.82 Å². The zero-order valence-corrected chi connectivity index (χ0v) is 10.5. The van der Waals surface area contributed by atoms with Gasteiger partial charge in [0.05, 0.1) is 9.77 Å². The Kier molecular flexibility index (Phi) is 2.73. The first-order valence-electron chi connectivity index (χ1n) is 4.08. The van der Waals surface area contributed by atoms with Gasteiger partial charge in [-0.2, -0.15) is 5.10 Å². The third kappa shape index (κ3) is 1.63. The van der Waals surface area contributed by atoms with Gasteiger partial charge in [-0.1, -0.05) is 0 Å². The van der Waals surface area contributed by atoms with E-state index in [1.807, 2.05) is 12.3 Å². The van der Waals surface area contributed by atoms with E-state index in [-0.39, 0.29) is 6.04 Å². The number of nitrogens with two attached hydrogens (primary N) is 1. The predicted octanol–water partition coefficient (Wildman–Crippen LogP) is 2.14. The van der Waals surface area contributed by atoms with Gasteiger partial charge >= 0.3 is 0 Å². The largest absolute Gasteiger partial charge is 0.383 e. The molecule has 2 N–H and O–H groups in total. The molecule has 0 aliphatic rings. The third-order valence-corrected chi connectivity index (χ3v) is 3.74. The van der Waals surface area contributed by atoms with Crippen LogP contribution in [0.3, 0.4) is 0 Å². The summed E-state index contributed by atoms with van der Waals surface area (Å²) in [6.45, 7) is 2.04. The van der Waals surface area contributed by atoms with Gasteiger partial charge < -0.3 is 5.73 Å². The Balaban J connectivity index is 2.36. The van der Waals surface area contributed by atoms with Crippen LogP contribution in [-0.4, -0.2) is 14.8 Å². The zero-order valence-electron chi connectivity index (χ0n) is 7.51. The quantitative estimate of drug-likeness (QED) is 0.863. The molecule has 1 unspecified atom stereocenters. The molecule has 0 saturated heterocycles. The molecule has 6 heteroatoms. The van der Waals surface area contributed by atoms with Gasteiger partial charge in [-0.05, 0) is 29.5 Å². The maximum absolute atomic E-state index is 5.88. The highest BCUT2D eigenvalue weighted by atomic mass is 127. The molecule has 14 heavy (non-hydrogen) atoms. The van der Waals surface area contributed by atoms with E-state index >= 15 is 0 Å². The summed E-state index contributed by atoms with van der Waals surface area (Å²) in [5.74, 6) is 0.702. The third-order valence-electron chi connectivity index (χ3n) is 1.96. The first-order valence-corrected chi connectivity index (χ1v) is 6.04. The molecule has 2 aromatic rings.